The summed E-state index contributed by atoms with van der Waals surface area (Å²) in [4.78, 5) is 2.45. The quantitative estimate of drug-likeness (QED) is 0.864. The Bertz CT molecular complexity index is 738. The fourth-order valence-corrected chi connectivity index (χ4v) is 4.88. The van der Waals surface area contributed by atoms with Crippen molar-refractivity contribution in [3.8, 4) is 5.75 Å². The van der Waals surface area contributed by atoms with Crippen molar-refractivity contribution in [3.05, 3.63) is 64.2 Å². The van der Waals surface area contributed by atoms with Crippen molar-refractivity contribution >= 4 is 11.6 Å². The number of aromatic hydroxyl groups is 1. The van der Waals surface area contributed by atoms with Gasteiger partial charge in [-0.25, -0.2) is 0 Å². The van der Waals surface area contributed by atoms with Gasteiger partial charge in [0.2, 0.25) is 0 Å². The van der Waals surface area contributed by atoms with Crippen molar-refractivity contribution in [2.45, 2.75) is 37.1 Å². The topological polar surface area (TPSA) is 23.5 Å². The molecule has 2 nitrogen and oxygen atoms in total. The molecule has 120 valence electrons. The summed E-state index contributed by atoms with van der Waals surface area (Å²) in [6.45, 7) is 1.05. The van der Waals surface area contributed by atoms with Crippen molar-refractivity contribution < 1.29 is 5.11 Å². The largest absolute Gasteiger partial charge is 0.508 e. The van der Waals surface area contributed by atoms with Crippen molar-refractivity contribution in [3.63, 3.8) is 0 Å². The summed E-state index contributed by atoms with van der Waals surface area (Å²) in [6.07, 6.45) is 4.59. The van der Waals surface area contributed by atoms with E-state index in [0.29, 0.717) is 5.75 Å². The van der Waals surface area contributed by atoms with Gasteiger partial charge in [0, 0.05) is 23.0 Å². The Hall–Kier alpha value is -1.51. The monoisotopic (exact) mass is 327 g/mol. The van der Waals surface area contributed by atoms with Crippen LogP contribution >= 0.6 is 11.6 Å². The molecule has 1 N–H and O–H groups in total. The van der Waals surface area contributed by atoms with E-state index in [1.807, 2.05) is 24.3 Å². The predicted octanol–water partition coefficient (Wildman–Crippen LogP) is 4.70. The zero-order valence-electron chi connectivity index (χ0n) is 13.4. The molecule has 1 fully saturated rings. The van der Waals surface area contributed by atoms with Crippen LogP contribution in [0.15, 0.2) is 42.5 Å². The maximum absolute atomic E-state index is 10.0. The van der Waals surface area contributed by atoms with E-state index < -0.39 is 0 Å². The minimum Gasteiger partial charge on any atom is -0.508 e. The van der Waals surface area contributed by atoms with Crippen LogP contribution in [0, 0.1) is 0 Å². The van der Waals surface area contributed by atoms with Gasteiger partial charge in [-0.1, -0.05) is 42.3 Å². The molecule has 1 unspecified atom stereocenters. The average Bonchev–Trinajstić information content (AvgIpc) is 2.50. The normalized spacial score (nSPS) is 23.1. The number of benzene rings is 2. The van der Waals surface area contributed by atoms with Crippen LogP contribution in [0.2, 0.25) is 5.02 Å². The fourth-order valence-electron chi connectivity index (χ4n) is 4.56. The number of halogens is 1. The van der Waals surface area contributed by atoms with Gasteiger partial charge in [0.05, 0.1) is 0 Å². The van der Waals surface area contributed by atoms with Gasteiger partial charge in [-0.15, -0.1) is 0 Å². The number of phenols is 1. The molecule has 4 rings (SSSR count). The maximum atomic E-state index is 10.0. The summed E-state index contributed by atoms with van der Waals surface area (Å²) in [5.41, 5.74) is 3.97. The van der Waals surface area contributed by atoms with E-state index in [0.717, 1.165) is 30.8 Å². The predicted molar refractivity (Wildman–Crippen MR) is 94.2 cm³/mol. The SMILES string of the molecule is CN1CCc2ccc(O)cc2C1C1(c2ccccc2Cl)CCC1. The smallest absolute Gasteiger partial charge is 0.115 e. The Morgan fingerprint density at radius 1 is 1.17 bits per heavy atom. The van der Waals surface area contributed by atoms with Gasteiger partial charge in [-0.3, -0.25) is 4.90 Å². The van der Waals surface area contributed by atoms with Crippen molar-refractivity contribution in [2.24, 2.45) is 0 Å². The molecular formula is C20H22ClNO. The molecule has 0 bridgehead atoms. The first kappa shape index (κ1) is 15.0. The molecule has 1 aliphatic carbocycles. The van der Waals surface area contributed by atoms with Crippen LogP contribution in [0.4, 0.5) is 0 Å². The lowest BCUT2D eigenvalue weighted by Crippen LogP contribution is -2.50. The lowest BCUT2D eigenvalue weighted by Gasteiger charge is -2.53. The highest BCUT2D eigenvalue weighted by Crippen LogP contribution is 2.57. The second-order valence-corrected chi connectivity index (χ2v) is 7.41. The molecule has 1 heterocycles. The molecule has 23 heavy (non-hydrogen) atoms. The summed E-state index contributed by atoms with van der Waals surface area (Å²) in [6, 6.07) is 14.4. The highest BCUT2D eigenvalue weighted by Gasteiger charge is 2.50. The molecular weight excluding hydrogens is 306 g/mol. The molecule has 1 aliphatic heterocycles. The molecule has 2 aromatic carbocycles. The molecule has 0 aromatic heterocycles. The van der Waals surface area contributed by atoms with Crippen LogP contribution in [-0.4, -0.2) is 23.6 Å². The van der Waals surface area contributed by atoms with E-state index in [4.69, 9.17) is 11.6 Å². The molecule has 0 saturated heterocycles. The van der Waals surface area contributed by atoms with Gasteiger partial charge in [0.25, 0.3) is 0 Å². The minimum absolute atomic E-state index is 0.0655. The van der Waals surface area contributed by atoms with Crippen molar-refractivity contribution in [2.75, 3.05) is 13.6 Å². The number of fused-ring (bicyclic) bond motifs is 1. The third kappa shape index (κ3) is 2.28. The van der Waals surface area contributed by atoms with E-state index >= 15 is 0 Å². The Morgan fingerprint density at radius 3 is 2.65 bits per heavy atom. The summed E-state index contributed by atoms with van der Waals surface area (Å²) >= 11 is 6.58. The van der Waals surface area contributed by atoms with Gasteiger partial charge in [0.1, 0.15) is 5.75 Å². The number of phenolic OH excluding ortho intramolecular Hbond substituents is 1. The molecule has 0 radical (unpaired) electrons. The first-order valence-electron chi connectivity index (χ1n) is 8.39. The zero-order valence-corrected chi connectivity index (χ0v) is 14.2. The van der Waals surface area contributed by atoms with Crippen molar-refractivity contribution in [1.29, 1.82) is 0 Å². The van der Waals surface area contributed by atoms with E-state index in [1.54, 1.807) is 0 Å². The molecule has 1 atom stereocenters. The summed E-state index contributed by atoms with van der Waals surface area (Å²) in [7, 11) is 2.20. The molecule has 2 aromatic rings. The van der Waals surface area contributed by atoms with E-state index in [9.17, 15) is 5.11 Å². The van der Waals surface area contributed by atoms with Crippen LogP contribution in [0.25, 0.3) is 0 Å². The van der Waals surface area contributed by atoms with Gasteiger partial charge in [-0.2, -0.15) is 0 Å². The Kier molecular flexibility index (Phi) is 3.62. The average molecular weight is 328 g/mol. The first-order chi connectivity index (χ1) is 11.1. The third-order valence-corrected chi connectivity index (χ3v) is 6.11. The third-order valence-electron chi connectivity index (χ3n) is 5.78. The van der Waals surface area contributed by atoms with Gasteiger partial charge in [0.15, 0.2) is 0 Å². The van der Waals surface area contributed by atoms with E-state index in [-0.39, 0.29) is 11.5 Å². The van der Waals surface area contributed by atoms with Gasteiger partial charge >= 0.3 is 0 Å². The number of hydrogen-bond donors (Lipinski definition) is 1. The highest BCUT2D eigenvalue weighted by atomic mass is 35.5. The summed E-state index contributed by atoms with van der Waals surface area (Å²) in [5.74, 6) is 0.359. The first-order valence-corrected chi connectivity index (χ1v) is 8.77. The lowest BCUT2D eigenvalue weighted by atomic mass is 9.57. The molecule has 3 heteroatoms. The van der Waals surface area contributed by atoms with Gasteiger partial charge in [-0.05, 0) is 61.2 Å². The Labute approximate surface area is 142 Å². The van der Waals surface area contributed by atoms with Crippen LogP contribution in [0.1, 0.15) is 42.0 Å². The molecule has 0 amide bonds. The fraction of sp³-hybridized carbons (Fsp3) is 0.400. The van der Waals surface area contributed by atoms with E-state index in [2.05, 4.69) is 30.1 Å². The van der Waals surface area contributed by atoms with Gasteiger partial charge < -0.3 is 5.11 Å². The highest BCUT2D eigenvalue weighted by molar-refractivity contribution is 6.31. The lowest BCUT2D eigenvalue weighted by molar-refractivity contribution is 0.0717. The van der Waals surface area contributed by atoms with Crippen LogP contribution in [0.5, 0.6) is 5.75 Å². The Balaban J connectivity index is 1.88. The summed E-state index contributed by atoms with van der Waals surface area (Å²) in [5, 5.41) is 10.9. The van der Waals surface area contributed by atoms with E-state index in [1.165, 1.54) is 23.1 Å². The number of hydrogen-bond acceptors (Lipinski definition) is 2. The minimum atomic E-state index is 0.0655. The standard InChI is InChI=1S/C20H22ClNO/c1-22-12-9-14-7-8-15(23)13-16(14)19(22)20(10-4-11-20)17-5-2-3-6-18(17)21/h2-3,5-8,13,19,23H,4,9-12H2,1H3. The molecule has 0 spiro atoms. The van der Waals surface area contributed by atoms with Crippen molar-refractivity contribution in [1.82, 2.24) is 4.90 Å². The van der Waals surface area contributed by atoms with Crippen LogP contribution < -0.4 is 0 Å². The van der Waals surface area contributed by atoms with Crippen LogP contribution in [-0.2, 0) is 11.8 Å². The second kappa shape index (κ2) is 5.54. The summed E-state index contributed by atoms with van der Waals surface area (Å²) < 4.78 is 0. The van der Waals surface area contributed by atoms with Crippen LogP contribution in [0.3, 0.4) is 0 Å². The number of likely N-dealkylation sites (N-methyl/N-ethyl adjacent to an activating group) is 1. The zero-order chi connectivity index (χ0) is 16.0. The Morgan fingerprint density at radius 2 is 1.96 bits per heavy atom. The maximum Gasteiger partial charge on any atom is 0.115 e. The molecule has 2 aliphatic rings. The number of rotatable bonds is 2. The molecule has 1 saturated carbocycles. The number of nitrogens with zero attached hydrogens (tertiary/aromatic N) is 1. The second-order valence-electron chi connectivity index (χ2n) is 7.01.